The summed E-state index contributed by atoms with van der Waals surface area (Å²) in [6.07, 6.45) is 0. The number of aryl methyl sites for hydroxylation is 1. The summed E-state index contributed by atoms with van der Waals surface area (Å²) in [5.74, 6) is -1.54. The summed E-state index contributed by atoms with van der Waals surface area (Å²) >= 11 is 0. The van der Waals surface area contributed by atoms with Crippen molar-refractivity contribution in [3.05, 3.63) is 89.5 Å². The van der Waals surface area contributed by atoms with E-state index in [0.29, 0.717) is 15.8 Å². The maximum Gasteiger partial charge on any atom is 0.363 e. The molecule has 35 heavy (non-hydrogen) atoms. The van der Waals surface area contributed by atoms with Crippen LogP contribution in [0.2, 0.25) is 0 Å². The summed E-state index contributed by atoms with van der Waals surface area (Å²) in [6, 6.07) is 18.2. The van der Waals surface area contributed by atoms with Crippen molar-refractivity contribution >= 4 is 21.8 Å². The van der Waals surface area contributed by atoms with Gasteiger partial charge in [0.05, 0.1) is 17.5 Å². The Morgan fingerprint density at radius 1 is 1.03 bits per heavy atom. The number of aliphatic hydroxyl groups is 1. The fourth-order valence-electron chi connectivity index (χ4n) is 4.10. The fraction of sp³-hybridized carbons (Fsp3) is 0.231. The van der Waals surface area contributed by atoms with Gasteiger partial charge in [-0.3, -0.25) is 4.79 Å². The first kappa shape index (κ1) is 24.6. The predicted octanol–water partition coefficient (Wildman–Crippen LogP) is 3.99. The Kier molecular flexibility index (Phi) is 6.50. The Hall–Kier alpha value is -3.53. The van der Waals surface area contributed by atoms with Crippen LogP contribution in [0.15, 0.2) is 77.7 Å². The average molecular weight is 496 g/mol. The van der Waals surface area contributed by atoms with Crippen LogP contribution in [-0.2, 0) is 19.6 Å². The third-order valence-corrected chi connectivity index (χ3v) is 7.79. The first-order chi connectivity index (χ1) is 16.6. The van der Waals surface area contributed by atoms with Crippen LogP contribution in [0.25, 0.3) is 0 Å². The number of hydrogen-bond acceptors (Lipinski definition) is 7. The van der Waals surface area contributed by atoms with Crippen LogP contribution in [0, 0.1) is 6.92 Å². The SMILES string of the molecule is CCOC(=O)C1(O)C(=O)c2ccc(Oc3ccccc3)cc2C(C)N1S(=O)(=O)c1ccc(C)cc1. The zero-order valence-corrected chi connectivity index (χ0v) is 20.3. The second-order valence-electron chi connectivity index (χ2n) is 8.18. The summed E-state index contributed by atoms with van der Waals surface area (Å²) in [5, 5.41) is 11.5. The Balaban J connectivity index is 1.87. The van der Waals surface area contributed by atoms with E-state index in [1.807, 2.05) is 6.07 Å². The number of fused-ring (bicyclic) bond motifs is 1. The molecule has 9 heteroatoms. The van der Waals surface area contributed by atoms with E-state index in [0.717, 1.165) is 5.56 Å². The lowest BCUT2D eigenvalue weighted by Gasteiger charge is -2.43. The van der Waals surface area contributed by atoms with E-state index in [4.69, 9.17) is 9.47 Å². The molecule has 1 heterocycles. The van der Waals surface area contributed by atoms with Crippen LogP contribution in [0.5, 0.6) is 11.5 Å². The molecule has 0 bridgehead atoms. The molecule has 0 fully saturated rings. The standard InChI is InChI=1S/C26H25NO7S/c1-4-33-25(29)26(30)24(28)22-15-12-20(34-19-8-6-5-7-9-19)16-23(22)18(3)27(26)35(31,32)21-13-10-17(2)11-14-21/h5-16,18,30H,4H2,1-3H3. The smallest absolute Gasteiger partial charge is 0.363 e. The zero-order valence-electron chi connectivity index (χ0n) is 19.5. The summed E-state index contributed by atoms with van der Waals surface area (Å²) in [6.45, 7) is 4.63. The highest BCUT2D eigenvalue weighted by molar-refractivity contribution is 7.89. The summed E-state index contributed by atoms with van der Waals surface area (Å²) in [5.41, 5.74) is -1.97. The van der Waals surface area contributed by atoms with Crippen molar-refractivity contribution in [2.45, 2.75) is 37.4 Å². The van der Waals surface area contributed by atoms with Crippen molar-refractivity contribution in [3.8, 4) is 11.5 Å². The van der Waals surface area contributed by atoms with Crippen LogP contribution in [0.4, 0.5) is 0 Å². The lowest BCUT2D eigenvalue weighted by molar-refractivity contribution is -0.173. The van der Waals surface area contributed by atoms with Crippen molar-refractivity contribution < 1.29 is 32.6 Å². The van der Waals surface area contributed by atoms with Crippen LogP contribution < -0.4 is 4.74 Å². The van der Waals surface area contributed by atoms with Gasteiger partial charge < -0.3 is 14.6 Å². The number of carbonyl (C=O) groups excluding carboxylic acids is 2. The second kappa shape index (κ2) is 9.26. The molecule has 3 aromatic carbocycles. The normalized spacial score (nSPS) is 20.2. The highest BCUT2D eigenvalue weighted by atomic mass is 32.2. The summed E-state index contributed by atoms with van der Waals surface area (Å²) < 4.78 is 38.8. The van der Waals surface area contributed by atoms with Crippen molar-refractivity contribution in [1.82, 2.24) is 4.31 Å². The Labute approximate surface area is 203 Å². The molecule has 1 aliphatic heterocycles. The molecule has 3 aromatic rings. The van der Waals surface area contributed by atoms with Crippen LogP contribution >= 0.6 is 0 Å². The van der Waals surface area contributed by atoms with Crippen molar-refractivity contribution in [2.24, 2.45) is 0 Å². The highest BCUT2D eigenvalue weighted by Crippen LogP contribution is 2.43. The van der Waals surface area contributed by atoms with Gasteiger partial charge in [0.2, 0.25) is 15.8 Å². The maximum atomic E-state index is 13.7. The molecule has 4 rings (SSSR count). The third kappa shape index (κ3) is 4.22. The first-order valence-electron chi connectivity index (χ1n) is 11.0. The van der Waals surface area contributed by atoms with Gasteiger partial charge in [0, 0.05) is 5.56 Å². The maximum absolute atomic E-state index is 13.7. The number of para-hydroxylation sites is 1. The molecular formula is C26H25NO7S. The van der Waals surface area contributed by atoms with Gasteiger partial charge in [-0.25, -0.2) is 13.2 Å². The predicted molar refractivity (Wildman–Crippen MR) is 127 cm³/mol. The van der Waals surface area contributed by atoms with E-state index in [1.54, 1.807) is 43.3 Å². The van der Waals surface area contributed by atoms with Crippen LogP contribution in [0.3, 0.4) is 0 Å². The molecule has 1 aliphatic rings. The number of ketones is 1. The molecule has 0 radical (unpaired) electrons. The molecule has 0 aliphatic carbocycles. The van der Waals surface area contributed by atoms with Gasteiger partial charge in [0.15, 0.2) is 0 Å². The first-order valence-corrected chi connectivity index (χ1v) is 12.5. The molecule has 0 aromatic heterocycles. The van der Waals surface area contributed by atoms with E-state index < -0.39 is 33.5 Å². The number of Topliss-reactive ketones (excluding diaryl/α,β-unsaturated/α-hetero) is 1. The molecule has 2 unspecified atom stereocenters. The second-order valence-corrected chi connectivity index (χ2v) is 9.99. The average Bonchev–Trinajstić information content (AvgIpc) is 2.83. The van der Waals surface area contributed by atoms with Crippen LogP contribution in [-0.4, -0.2) is 41.9 Å². The van der Waals surface area contributed by atoms with Crippen molar-refractivity contribution in [3.63, 3.8) is 0 Å². The van der Waals surface area contributed by atoms with Gasteiger partial charge in [-0.05, 0) is 68.8 Å². The Bertz CT molecular complexity index is 1370. The van der Waals surface area contributed by atoms with Gasteiger partial charge in [0.1, 0.15) is 11.5 Å². The van der Waals surface area contributed by atoms with E-state index >= 15 is 0 Å². The van der Waals surface area contributed by atoms with E-state index in [9.17, 15) is 23.1 Å². The Morgan fingerprint density at radius 2 is 1.69 bits per heavy atom. The monoisotopic (exact) mass is 495 g/mol. The number of ether oxygens (including phenoxy) is 2. The topological polar surface area (TPSA) is 110 Å². The van der Waals surface area contributed by atoms with Gasteiger partial charge in [0.25, 0.3) is 5.72 Å². The Morgan fingerprint density at radius 3 is 2.31 bits per heavy atom. The molecule has 0 spiro atoms. The number of esters is 1. The van der Waals surface area contributed by atoms with Crippen molar-refractivity contribution in [1.29, 1.82) is 0 Å². The van der Waals surface area contributed by atoms with Crippen LogP contribution in [0.1, 0.15) is 41.4 Å². The minimum Gasteiger partial charge on any atom is -0.462 e. The van der Waals surface area contributed by atoms with Gasteiger partial charge in [-0.15, -0.1) is 4.31 Å². The van der Waals surface area contributed by atoms with Gasteiger partial charge >= 0.3 is 5.97 Å². The molecule has 0 saturated heterocycles. The van der Waals surface area contributed by atoms with E-state index in [-0.39, 0.29) is 22.6 Å². The lowest BCUT2D eigenvalue weighted by atomic mass is 9.87. The molecule has 1 N–H and O–H groups in total. The van der Waals surface area contributed by atoms with E-state index in [2.05, 4.69) is 0 Å². The molecule has 0 saturated carbocycles. The third-order valence-electron chi connectivity index (χ3n) is 5.82. The molecule has 182 valence electrons. The number of sulfonamides is 1. The lowest BCUT2D eigenvalue weighted by Crippen LogP contribution is -2.65. The minimum atomic E-state index is -4.53. The number of hydrogen-bond donors (Lipinski definition) is 1. The summed E-state index contributed by atoms with van der Waals surface area (Å²) in [4.78, 5) is 26.3. The van der Waals surface area contributed by atoms with Gasteiger partial charge in [-0.2, -0.15) is 0 Å². The van der Waals surface area contributed by atoms with E-state index in [1.165, 1.54) is 44.2 Å². The molecular weight excluding hydrogens is 470 g/mol. The summed E-state index contributed by atoms with van der Waals surface area (Å²) in [7, 11) is -4.53. The molecule has 0 amide bonds. The zero-order chi connectivity index (χ0) is 25.4. The molecule has 2 atom stereocenters. The minimum absolute atomic E-state index is 0.00354. The quantitative estimate of drug-likeness (QED) is 0.407. The molecule has 8 nitrogen and oxygen atoms in total. The number of nitrogens with zero attached hydrogens (tertiary/aromatic N) is 1. The largest absolute Gasteiger partial charge is 0.462 e. The fourth-order valence-corrected chi connectivity index (χ4v) is 5.84. The number of rotatable bonds is 6. The number of benzene rings is 3. The van der Waals surface area contributed by atoms with Gasteiger partial charge in [-0.1, -0.05) is 35.9 Å². The van der Waals surface area contributed by atoms with Crippen molar-refractivity contribution in [2.75, 3.05) is 6.61 Å². The number of carbonyl (C=O) groups is 2. The highest BCUT2D eigenvalue weighted by Gasteiger charge is 2.61.